The Morgan fingerprint density at radius 2 is 1.69 bits per heavy atom. The fraction of sp³-hybridized carbons (Fsp3) is 0.419. The van der Waals surface area contributed by atoms with E-state index in [9.17, 15) is 18.0 Å². The van der Waals surface area contributed by atoms with Gasteiger partial charge in [-0.05, 0) is 113 Å². The number of aryl methyl sites for hydroxylation is 1. The van der Waals surface area contributed by atoms with Gasteiger partial charge in [-0.15, -0.1) is 0 Å². The maximum atomic E-state index is 14.7. The smallest absolute Gasteiger partial charge is 0.410 e. The Balaban J connectivity index is 1.12. The first kappa shape index (κ1) is 38.3. The molecule has 2 aromatic carbocycles. The highest BCUT2D eigenvalue weighted by atomic mass is 32.2. The van der Waals surface area contributed by atoms with Crippen LogP contribution in [0.2, 0.25) is 0 Å². The first-order valence-corrected chi connectivity index (χ1v) is 20.5. The first-order chi connectivity index (χ1) is 26.0. The minimum atomic E-state index is -4.00. The molecule has 1 aliphatic carbocycles. The molecule has 4 heterocycles. The molecule has 0 spiro atoms. The minimum absolute atomic E-state index is 0.122. The topological polar surface area (TPSA) is 108 Å². The molecule has 11 nitrogen and oxygen atoms in total. The van der Waals surface area contributed by atoms with Crippen molar-refractivity contribution in [3.63, 3.8) is 0 Å². The molecule has 0 radical (unpaired) electrons. The third-order valence-corrected chi connectivity index (χ3v) is 13.4. The third kappa shape index (κ3) is 7.54. The summed E-state index contributed by atoms with van der Waals surface area (Å²) in [7, 11) is -0.142. The molecule has 290 valence electrons. The van der Waals surface area contributed by atoms with E-state index >= 15 is 0 Å². The van der Waals surface area contributed by atoms with Crippen LogP contribution in [0.3, 0.4) is 0 Å². The molecule has 2 amide bonds. The Hall–Kier alpha value is -4.94. The number of piperazine rings is 1. The Morgan fingerprint density at radius 3 is 2.38 bits per heavy atom. The SMILES string of the molecule is Cc1cc(C2=CC(C)(S(=O)(=O)n3cc(-c4ccc(C(=O)N5CC[C@H](N(C)C(=O)OC(C)(C)C)C5)cc4)c4cccnc43)CC=C2)ccc1N1CCN(C)CC1. The Bertz CT molecular complexity index is 2280. The average molecular weight is 765 g/mol. The van der Waals surface area contributed by atoms with Gasteiger partial charge in [-0.1, -0.05) is 36.4 Å². The molecule has 2 saturated heterocycles. The number of fused-ring (bicyclic) bond motifs is 1. The molecule has 1 unspecified atom stereocenters. The zero-order chi connectivity index (χ0) is 39.3. The molecular weight excluding hydrogens is 713 g/mol. The first-order valence-electron chi connectivity index (χ1n) is 19.1. The number of likely N-dealkylation sites (N-methyl/N-ethyl adjacent to an activating group) is 2. The van der Waals surface area contributed by atoms with Gasteiger partial charge in [0.15, 0.2) is 5.65 Å². The maximum absolute atomic E-state index is 14.7. The van der Waals surface area contributed by atoms with E-state index in [0.29, 0.717) is 48.1 Å². The molecular formula is C43H52N6O5S. The summed E-state index contributed by atoms with van der Waals surface area (Å²) in [5.74, 6) is -0.122. The minimum Gasteiger partial charge on any atom is -0.444 e. The molecule has 2 fully saturated rings. The van der Waals surface area contributed by atoms with E-state index in [1.807, 2.05) is 57.2 Å². The van der Waals surface area contributed by atoms with Crippen molar-refractivity contribution >= 4 is 44.3 Å². The number of hydrogen-bond donors (Lipinski definition) is 0. The normalized spacial score (nSPS) is 20.9. The fourth-order valence-corrected chi connectivity index (χ4v) is 9.47. The second-order valence-corrected chi connectivity index (χ2v) is 18.7. The fourth-order valence-electron chi connectivity index (χ4n) is 7.82. The molecule has 4 aromatic rings. The van der Waals surface area contributed by atoms with Crippen LogP contribution in [0, 0.1) is 6.92 Å². The quantitative estimate of drug-likeness (QED) is 0.202. The van der Waals surface area contributed by atoms with E-state index in [4.69, 9.17) is 4.74 Å². The summed E-state index contributed by atoms with van der Waals surface area (Å²) in [4.78, 5) is 38.8. The Morgan fingerprint density at radius 1 is 0.982 bits per heavy atom. The number of carbonyl (C=O) groups is 2. The van der Waals surface area contributed by atoms with Crippen LogP contribution in [0.5, 0.6) is 0 Å². The van der Waals surface area contributed by atoms with Crippen molar-refractivity contribution in [3.05, 3.63) is 102 Å². The van der Waals surface area contributed by atoms with Crippen molar-refractivity contribution in [1.82, 2.24) is 23.7 Å². The van der Waals surface area contributed by atoms with Gasteiger partial charge in [0.1, 0.15) is 10.3 Å². The molecule has 0 saturated carbocycles. The summed E-state index contributed by atoms with van der Waals surface area (Å²) in [6, 6.07) is 17.2. The summed E-state index contributed by atoms with van der Waals surface area (Å²) >= 11 is 0. The number of pyridine rings is 1. The molecule has 12 heteroatoms. The van der Waals surface area contributed by atoms with Crippen LogP contribution in [0.4, 0.5) is 10.5 Å². The standard InChI is InChI=1S/C43H52N6O5S/c1-30-26-33(16-17-38(30)47-24-22-45(6)23-25-47)34-10-8-19-43(5,27-34)55(52,53)49-29-37(36-11-9-20-44-39(36)49)31-12-14-32(15-13-31)40(50)48-21-18-35(28-48)46(7)41(51)54-42(2,3)4/h8-17,20,26-27,29,35H,18-19,21-25,28H2,1-7H3/t35-,43?/m0/s1. The average Bonchev–Trinajstić information content (AvgIpc) is 3.81. The molecule has 2 aliphatic heterocycles. The molecule has 2 aromatic heterocycles. The van der Waals surface area contributed by atoms with Gasteiger partial charge in [0.25, 0.3) is 5.91 Å². The number of aromatic nitrogens is 2. The number of nitrogens with zero attached hydrogens (tertiary/aromatic N) is 6. The van der Waals surface area contributed by atoms with Gasteiger partial charge in [-0.25, -0.2) is 22.2 Å². The lowest BCUT2D eigenvalue weighted by Gasteiger charge is -2.35. The molecule has 7 rings (SSSR count). The summed E-state index contributed by atoms with van der Waals surface area (Å²) < 4.78 is 35.1. The molecule has 3 aliphatic rings. The predicted molar refractivity (Wildman–Crippen MR) is 219 cm³/mol. The lowest BCUT2D eigenvalue weighted by Crippen LogP contribution is -2.44. The van der Waals surface area contributed by atoms with Crippen molar-refractivity contribution in [3.8, 4) is 11.1 Å². The van der Waals surface area contributed by atoms with Crippen LogP contribution in [-0.2, 0) is 14.8 Å². The largest absolute Gasteiger partial charge is 0.444 e. The highest BCUT2D eigenvalue weighted by Gasteiger charge is 2.41. The monoisotopic (exact) mass is 764 g/mol. The zero-order valence-corrected chi connectivity index (χ0v) is 33.8. The summed E-state index contributed by atoms with van der Waals surface area (Å²) in [5, 5.41) is 0.701. The van der Waals surface area contributed by atoms with Crippen molar-refractivity contribution in [1.29, 1.82) is 0 Å². The maximum Gasteiger partial charge on any atom is 0.410 e. The van der Waals surface area contributed by atoms with Crippen molar-refractivity contribution < 1.29 is 22.7 Å². The van der Waals surface area contributed by atoms with E-state index in [2.05, 4.69) is 47.0 Å². The van der Waals surface area contributed by atoms with E-state index in [1.165, 1.54) is 15.2 Å². The summed E-state index contributed by atoms with van der Waals surface area (Å²) in [6.45, 7) is 14.4. The van der Waals surface area contributed by atoms with Crippen LogP contribution in [0.25, 0.3) is 27.7 Å². The highest BCUT2D eigenvalue weighted by molar-refractivity contribution is 7.91. The Labute approximate surface area is 324 Å². The predicted octanol–water partition coefficient (Wildman–Crippen LogP) is 6.83. The van der Waals surface area contributed by atoms with Crippen molar-refractivity contribution in [2.75, 3.05) is 58.3 Å². The van der Waals surface area contributed by atoms with Gasteiger partial charge in [-0.3, -0.25) is 4.79 Å². The van der Waals surface area contributed by atoms with Gasteiger partial charge in [-0.2, -0.15) is 0 Å². The molecule has 2 atom stereocenters. The lowest BCUT2D eigenvalue weighted by atomic mass is 9.92. The number of likely N-dealkylation sites (tertiary alicyclic amines) is 1. The van der Waals surface area contributed by atoms with Crippen LogP contribution < -0.4 is 4.90 Å². The summed E-state index contributed by atoms with van der Waals surface area (Å²) in [6.07, 6.45) is 9.70. The van der Waals surface area contributed by atoms with Crippen LogP contribution in [0.15, 0.2) is 85.2 Å². The molecule has 55 heavy (non-hydrogen) atoms. The summed E-state index contributed by atoms with van der Waals surface area (Å²) in [5.41, 5.74) is 5.99. The molecule has 0 bridgehead atoms. The van der Waals surface area contributed by atoms with E-state index < -0.39 is 26.5 Å². The molecule has 0 N–H and O–H groups in total. The van der Waals surface area contributed by atoms with Crippen molar-refractivity contribution in [2.24, 2.45) is 0 Å². The number of carbonyl (C=O) groups excluding carboxylic acids is 2. The van der Waals surface area contributed by atoms with Crippen molar-refractivity contribution in [2.45, 2.75) is 63.9 Å². The van der Waals surface area contributed by atoms with E-state index in [1.54, 1.807) is 54.4 Å². The number of amides is 2. The number of allylic oxidation sites excluding steroid dienone is 3. The third-order valence-electron chi connectivity index (χ3n) is 11.2. The second kappa shape index (κ2) is 14.6. The van der Waals surface area contributed by atoms with Crippen LogP contribution in [0.1, 0.15) is 62.0 Å². The highest BCUT2D eigenvalue weighted by Crippen LogP contribution is 2.39. The zero-order valence-electron chi connectivity index (χ0n) is 32.9. The number of anilines is 1. The van der Waals surface area contributed by atoms with Crippen LogP contribution in [-0.4, -0.2) is 114 Å². The lowest BCUT2D eigenvalue weighted by molar-refractivity contribution is 0.0226. The number of rotatable bonds is 7. The Kier molecular flexibility index (Phi) is 10.2. The second-order valence-electron chi connectivity index (χ2n) is 16.4. The van der Waals surface area contributed by atoms with Crippen LogP contribution >= 0.6 is 0 Å². The number of benzene rings is 2. The van der Waals surface area contributed by atoms with Gasteiger partial charge < -0.3 is 24.3 Å². The van der Waals surface area contributed by atoms with E-state index in [-0.39, 0.29) is 11.9 Å². The van der Waals surface area contributed by atoms with E-state index in [0.717, 1.165) is 42.9 Å². The number of hydrogen-bond acceptors (Lipinski definition) is 8. The van der Waals surface area contributed by atoms with Gasteiger partial charge in [0.05, 0.1) is 6.04 Å². The van der Waals surface area contributed by atoms with Gasteiger partial charge >= 0.3 is 6.09 Å². The van der Waals surface area contributed by atoms with Gasteiger partial charge in [0, 0.05) is 80.9 Å². The number of ether oxygens (including phenoxy) is 1. The van der Waals surface area contributed by atoms with Gasteiger partial charge in [0.2, 0.25) is 10.0 Å².